The number of methoxy groups -OCH3 is 1. The van der Waals surface area contributed by atoms with Crippen LogP contribution in [0.15, 0.2) is 18.2 Å². The number of halogens is 1. The van der Waals surface area contributed by atoms with Crippen LogP contribution in [-0.4, -0.2) is 33.4 Å². The number of carbonyl (C=O) groups excluding carboxylic acids is 1. The van der Waals surface area contributed by atoms with Gasteiger partial charge in [-0.2, -0.15) is 0 Å². The van der Waals surface area contributed by atoms with Crippen LogP contribution in [0.2, 0.25) is 5.02 Å². The molecule has 0 unspecified atom stereocenters. The summed E-state index contributed by atoms with van der Waals surface area (Å²) < 4.78 is 5.17. The number of nitrogen functional groups attached to an aromatic ring is 1. The summed E-state index contributed by atoms with van der Waals surface area (Å²) in [4.78, 5) is 12.3. The van der Waals surface area contributed by atoms with E-state index in [2.05, 4.69) is 46.5 Å². The molecule has 3 aromatic rings. The third-order valence-electron chi connectivity index (χ3n) is 3.78. The molecule has 1 amide bonds. The van der Waals surface area contributed by atoms with Crippen molar-refractivity contribution in [2.75, 3.05) is 18.2 Å². The molecule has 0 radical (unpaired) electrons. The van der Waals surface area contributed by atoms with Gasteiger partial charge in [-0.15, -0.1) is 20.4 Å². The zero-order valence-electron chi connectivity index (χ0n) is 18.6. The van der Waals surface area contributed by atoms with E-state index in [0.717, 1.165) is 10.0 Å². The van der Waals surface area contributed by atoms with E-state index in [9.17, 15) is 4.79 Å². The average molecular weight is 483 g/mol. The Labute approximate surface area is 195 Å². The van der Waals surface area contributed by atoms with E-state index in [1.165, 1.54) is 29.8 Å². The van der Waals surface area contributed by atoms with Gasteiger partial charge < -0.3 is 10.5 Å². The molecule has 0 fully saturated rings. The molecule has 8 nitrogen and oxygen atoms in total. The lowest BCUT2D eigenvalue weighted by Gasteiger charge is -2.12. The van der Waals surface area contributed by atoms with Crippen molar-refractivity contribution >= 4 is 50.4 Å². The van der Waals surface area contributed by atoms with Crippen molar-refractivity contribution in [1.82, 2.24) is 20.4 Å². The van der Waals surface area contributed by atoms with Crippen LogP contribution in [0.3, 0.4) is 0 Å². The van der Waals surface area contributed by atoms with Gasteiger partial charge in [0.2, 0.25) is 10.3 Å². The highest BCUT2D eigenvalue weighted by Crippen LogP contribution is 2.29. The number of rotatable bonds is 3. The van der Waals surface area contributed by atoms with E-state index in [1.807, 2.05) is 20.8 Å². The fraction of sp³-hybridized carbons (Fsp3) is 0.450. The van der Waals surface area contributed by atoms with Crippen LogP contribution in [0, 0.1) is 0 Å². The number of nitrogens with one attached hydrogen (secondary N) is 1. The predicted molar refractivity (Wildman–Crippen MR) is 128 cm³/mol. The van der Waals surface area contributed by atoms with E-state index >= 15 is 0 Å². The maximum Gasteiger partial charge on any atom is 0.261 e. The number of anilines is 2. The number of amides is 1. The highest BCUT2D eigenvalue weighted by Gasteiger charge is 2.21. The first-order valence-corrected chi connectivity index (χ1v) is 11.4. The SMILES string of the molecule is CC(C)(C)c1nnc(N)s1.COc1ccc(Cl)cc1C(=O)Nc1nnc(C(C)(C)C)s1. The van der Waals surface area contributed by atoms with Crippen molar-refractivity contribution in [3.63, 3.8) is 0 Å². The molecule has 0 saturated carbocycles. The highest BCUT2D eigenvalue weighted by atomic mass is 35.5. The molecule has 168 valence electrons. The number of nitrogens with two attached hydrogens (primary N) is 1. The third kappa shape index (κ3) is 7.12. The summed E-state index contributed by atoms with van der Waals surface area (Å²) in [5.41, 5.74) is 5.75. The van der Waals surface area contributed by atoms with Crippen molar-refractivity contribution in [3.8, 4) is 5.75 Å². The minimum absolute atomic E-state index is 0.0787. The summed E-state index contributed by atoms with van der Waals surface area (Å²) >= 11 is 8.73. The molecule has 0 bridgehead atoms. The topological polar surface area (TPSA) is 116 Å². The van der Waals surface area contributed by atoms with E-state index in [-0.39, 0.29) is 16.7 Å². The van der Waals surface area contributed by atoms with Gasteiger partial charge in [-0.1, -0.05) is 75.8 Å². The summed E-state index contributed by atoms with van der Waals surface area (Å²) in [6.45, 7) is 12.4. The summed E-state index contributed by atoms with van der Waals surface area (Å²) in [6.07, 6.45) is 0. The second kappa shape index (κ2) is 9.88. The number of nitrogens with zero attached hydrogens (tertiary/aromatic N) is 4. The van der Waals surface area contributed by atoms with Crippen LogP contribution in [0.1, 0.15) is 61.9 Å². The first kappa shape index (κ1) is 25.0. The Bertz CT molecular complexity index is 1040. The first-order valence-electron chi connectivity index (χ1n) is 9.39. The number of benzene rings is 1. The van der Waals surface area contributed by atoms with Crippen LogP contribution in [-0.2, 0) is 10.8 Å². The van der Waals surface area contributed by atoms with Gasteiger partial charge in [-0.3, -0.25) is 10.1 Å². The van der Waals surface area contributed by atoms with E-state index in [1.54, 1.807) is 18.2 Å². The Morgan fingerprint density at radius 1 is 1.00 bits per heavy atom. The first-order chi connectivity index (χ1) is 14.3. The van der Waals surface area contributed by atoms with Gasteiger partial charge >= 0.3 is 0 Å². The van der Waals surface area contributed by atoms with Gasteiger partial charge in [0, 0.05) is 15.9 Å². The molecule has 3 N–H and O–H groups in total. The Hall–Kier alpha value is -2.30. The van der Waals surface area contributed by atoms with Gasteiger partial charge in [-0.05, 0) is 18.2 Å². The fourth-order valence-corrected chi connectivity index (χ4v) is 3.77. The standard InChI is InChI=1S/C14H16ClN3O2S.C6H11N3S/c1-14(2,3)12-17-18-13(21-12)16-11(19)9-7-8(15)5-6-10(9)20-4;1-6(2,3)4-8-9-5(7)10-4/h5-7H,1-4H3,(H,16,18,19);1-3H3,(H2,7,9). The number of aromatic nitrogens is 4. The molecular weight excluding hydrogens is 456 g/mol. The van der Waals surface area contributed by atoms with Gasteiger partial charge in [0.15, 0.2) is 0 Å². The number of ether oxygens (including phenoxy) is 1. The monoisotopic (exact) mass is 482 g/mol. The van der Waals surface area contributed by atoms with E-state index < -0.39 is 0 Å². The van der Waals surface area contributed by atoms with E-state index in [0.29, 0.717) is 26.6 Å². The van der Waals surface area contributed by atoms with Crippen molar-refractivity contribution in [1.29, 1.82) is 0 Å². The zero-order valence-corrected chi connectivity index (χ0v) is 21.0. The van der Waals surface area contributed by atoms with E-state index in [4.69, 9.17) is 22.1 Å². The molecule has 0 aliphatic rings. The summed E-state index contributed by atoms with van der Waals surface area (Å²) in [6, 6.07) is 4.87. The van der Waals surface area contributed by atoms with Gasteiger partial charge in [0.1, 0.15) is 15.8 Å². The molecule has 3 rings (SSSR count). The molecule has 0 atom stereocenters. The lowest BCUT2D eigenvalue weighted by atomic mass is 9.98. The molecule has 0 aliphatic carbocycles. The molecule has 11 heteroatoms. The number of hydrogen-bond donors (Lipinski definition) is 2. The summed E-state index contributed by atoms with van der Waals surface area (Å²) in [5.74, 6) is 0.128. The molecule has 0 saturated heterocycles. The number of hydrogen-bond acceptors (Lipinski definition) is 9. The highest BCUT2D eigenvalue weighted by molar-refractivity contribution is 7.15. The van der Waals surface area contributed by atoms with Crippen LogP contribution < -0.4 is 15.8 Å². The number of carbonyl (C=O) groups is 1. The van der Waals surface area contributed by atoms with Crippen LogP contribution in [0.5, 0.6) is 5.75 Å². The molecule has 2 heterocycles. The minimum Gasteiger partial charge on any atom is -0.496 e. The Kier molecular flexibility index (Phi) is 7.96. The molecule has 1 aromatic carbocycles. The van der Waals surface area contributed by atoms with Gasteiger partial charge in [0.25, 0.3) is 5.91 Å². The van der Waals surface area contributed by atoms with Crippen molar-refractivity contribution < 1.29 is 9.53 Å². The summed E-state index contributed by atoms with van der Waals surface area (Å²) in [5, 5.41) is 21.8. The second-order valence-corrected chi connectivity index (χ2v) is 11.1. The summed E-state index contributed by atoms with van der Waals surface area (Å²) in [7, 11) is 1.50. The normalized spacial score (nSPS) is 11.5. The Morgan fingerprint density at radius 2 is 1.58 bits per heavy atom. The lowest BCUT2D eigenvalue weighted by Crippen LogP contribution is -2.13. The van der Waals surface area contributed by atoms with Crippen LogP contribution >= 0.6 is 34.3 Å². The molecule has 31 heavy (non-hydrogen) atoms. The van der Waals surface area contributed by atoms with Gasteiger partial charge in [0.05, 0.1) is 12.7 Å². The van der Waals surface area contributed by atoms with Crippen molar-refractivity contribution in [2.24, 2.45) is 0 Å². The minimum atomic E-state index is -0.328. The van der Waals surface area contributed by atoms with Gasteiger partial charge in [-0.25, -0.2) is 0 Å². The Balaban J connectivity index is 0.000000285. The quantitative estimate of drug-likeness (QED) is 0.529. The molecular formula is C20H27ClN6O2S2. The molecule has 0 spiro atoms. The van der Waals surface area contributed by atoms with Crippen molar-refractivity contribution in [3.05, 3.63) is 38.8 Å². The molecule has 2 aromatic heterocycles. The zero-order chi connectivity index (χ0) is 23.4. The average Bonchev–Trinajstić information content (AvgIpc) is 3.31. The maximum atomic E-state index is 12.3. The largest absolute Gasteiger partial charge is 0.496 e. The Morgan fingerprint density at radius 3 is 2.03 bits per heavy atom. The fourth-order valence-electron chi connectivity index (χ4n) is 2.14. The maximum absolute atomic E-state index is 12.3. The smallest absolute Gasteiger partial charge is 0.261 e. The third-order valence-corrected chi connectivity index (χ3v) is 6.45. The van der Waals surface area contributed by atoms with Crippen LogP contribution in [0.25, 0.3) is 0 Å². The lowest BCUT2D eigenvalue weighted by molar-refractivity contribution is 0.102. The second-order valence-electron chi connectivity index (χ2n) is 8.66. The predicted octanol–water partition coefficient (Wildman–Crippen LogP) is 5.17. The van der Waals surface area contributed by atoms with Crippen LogP contribution in [0.4, 0.5) is 10.3 Å². The molecule has 0 aliphatic heterocycles. The van der Waals surface area contributed by atoms with Crippen molar-refractivity contribution in [2.45, 2.75) is 52.4 Å².